The summed E-state index contributed by atoms with van der Waals surface area (Å²) in [7, 11) is 0. The number of hydrogen-bond donors (Lipinski definition) is 2. The maximum atomic E-state index is 11.0. The van der Waals surface area contributed by atoms with E-state index >= 15 is 0 Å². The number of aromatic carboxylic acids is 1. The number of ether oxygens (including phenoxy) is 1. The van der Waals surface area contributed by atoms with E-state index in [1.165, 1.54) is 0 Å². The summed E-state index contributed by atoms with van der Waals surface area (Å²) in [5.41, 5.74) is 1.95. The minimum Gasteiger partial charge on any atom is -0.497 e. The SMILES string of the molecule is Cc1c(NCC2CCC=CO2)cccc1C(=O)O. The molecular formula is C14H17NO3. The Labute approximate surface area is 106 Å². The Morgan fingerprint density at radius 2 is 2.39 bits per heavy atom. The van der Waals surface area contributed by atoms with Gasteiger partial charge in [0.1, 0.15) is 6.10 Å². The smallest absolute Gasteiger partial charge is 0.336 e. The molecule has 1 aromatic carbocycles. The van der Waals surface area contributed by atoms with E-state index in [2.05, 4.69) is 5.32 Å². The van der Waals surface area contributed by atoms with Crippen LogP contribution >= 0.6 is 0 Å². The van der Waals surface area contributed by atoms with Crippen LogP contribution in [0.1, 0.15) is 28.8 Å². The lowest BCUT2D eigenvalue weighted by molar-refractivity contribution is 0.0696. The van der Waals surface area contributed by atoms with E-state index in [4.69, 9.17) is 9.84 Å². The van der Waals surface area contributed by atoms with Gasteiger partial charge in [0.15, 0.2) is 0 Å². The molecular weight excluding hydrogens is 230 g/mol. The van der Waals surface area contributed by atoms with Crippen molar-refractivity contribution in [2.75, 3.05) is 11.9 Å². The van der Waals surface area contributed by atoms with Crippen molar-refractivity contribution >= 4 is 11.7 Å². The molecule has 0 radical (unpaired) electrons. The highest BCUT2D eigenvalue weighted by molar-refractivity contribution is 5.91. The summed E-state index contributed by atoms with van der Waals surface area (Å²) in [4.78, 5) is 11.0. The van der Waals surface area contributed by atoms with Gasteiger partial charge in [0.2, 0.25) is 0 Å². The van der Waals surface area contributed by atoms with Crippen molar-refractivity contribution in [2.24, 2.45) is 0 Å². The van der Waals surface area contributed by atoms with Crippen molar-refractivity contribution in [3.63, 3.8) is 0 Å². The summed E-state index contributed by atoms with van der Waals surface area (Å²) < 4.78 is 5.46. The number of allylic oxidation sites excluding steroid dienone is 1. The highest BCUT2D eigenvalue weighted by Gasteiger charge is 2.13. The Kier molecular flexibility index (Phi) is 3.87. The lowest BCUT2D eigenvalue weighted by atomic mass is 10.1. The van der Waals surface area contributed by atoms with Crippen LogP contribution in [0, 0.1) is 6.92 Å². The van der Waals surface area contributed by atoms with Crippen molar-refractivity contribution in [3.05, 3.63) is 41.7 Å². The van der Waals surface area contributed by atoms with Gasteiger partial charge in [-0.25, -0.2) is 4.79 Å². The van der Waals surface area contributed by atoms with Gasteiger partial charge in [0.05, 0.1) is 18.4 Å². The molecule has 1 atom stereocenters. The van der Waals surface area contributed by atoms with Crippen LogP contribution in [0.2, 0.25) is 0 Å². The van der Waals surface area contributed by atoms with Crippen LogP contribution < -0.4 is 5.32 Å². The third-order valence-corrected chi connectivity index (χ3v) is 3.11. The molecule has 18 heavy (non-hydrogen) atoms. The zero-order valence-corrected chi connectivity index (χ0v) is 10.3. The Morgan fingerprint density at radius 3 is 3.06 bits per heavy atom. The molecule has 96 valence electrons. The fourth-order valence-corrected chi connectivity index (χ4v) is 2.02. The highest BCUT2D eigenvalue weighted by atomic mass is 16.5. The van der Waals surface area contributed by atoms with Crippen molar-refractivity contribution in [1.82, 2.24) is 0 Å². The van der Waals surface area contributed by atoms with Crippen LogP contribution in [0.25, 0.3) is 0 Å². The quantitative estimate of drug-likeness (QED) is 0.859. The van der Waals surface area contributed by atoms with E-state index in [0.29, 0.717) is 12.1 Å². The summed E-state index contributed by atoms with van der Waals surface area (Å²) in [6, 6.07) is 5.25. The second kappa shape index (κ2) is 5.58. The predicted octanol–water partition coefficient (Wildman–Crippen LogP) is 2.80. The van der Waals surface area contributed by atoms with Gasteiger partial charge in [-0.1, -0.05) is 6.07 Å². The van der Waals surface area contributed by atoms with E-state index in [-0.39, 0.29) is 6.10 Å². The molecule has 1 aliphatic rings. The fraction of sp³-hybridized carbons (Fsp3) is 0.357. The Balaban J connectivity index is 2.03. The maximum absolute atomic E-state index is 11.0. The molecule has 0 saturated heterocycles. The van der Waals surface area contributed by atoms with Crippen LogP contribution in [-0.4, -0.2) is 23.7 Å². The third-order valence-electron chi connectivity index (χ3n) is 3.11. The highest BCUT2D eigenvalue weighted by Crippen LogP contribution is 2.20. The molecule has 1 heterocycles. The molecule has 1 unspecified atom stereocenters. The van der Waals surface area contributed by atoms with Gasteiger partial charge in [-0.15, -0.1) is 0 Å². The van der Waals surface area contributed by atoms with Crippen LogP contribution in [0.3, 0.4) is 0 Å². The third kappa shape index (κ3) is 2.83. The lowest BCUT2D eigenvalue weighted by Gasteiger charge is -2.21. The topological polar surface area (TPSA) is 58.6 Å². The number of anilines is 1. The van der Waals surface area contributed by atoms with Gasteiger partial charge in [-0.2, -0.15) is 0 Å². The zero-order valence-electron chi connectivity index (χ0n) is 10.3. The number of nitrogens with one attached hydrogen (secondary N) is 1. The number of hydrogen-bond acceptors (Lipinski definition) is 3. The number of benzene rings is 1. The Hall–Kier alpha value is -1.97. The second-order valence-electron chi connectivity index (χ2n) is 4.37. The molecule has 0 amide bonds. The van der Waals surface area contributed by atoms with Gasteiger partial charge in [0.25, 0.3) is 0 Å². The van der Waals surface area contributed by atoms with Crippen molar-refractivity contribution in [2.45, 2.75) is 25.9 Å². The molecule has 0 saturated carbocycles. The van der Waals surface area contributed by atoms with Gasteiger partial charge in [-0.05, 0) is 43.5 Å². The van der Waals surface area contributed by atoms with E-state index in [1.807, 2.05) is 19.1 Å². The van der Waals surface area contributed by atoms with Crippen LogP contribution in [0.4, 0.5) is 5.69 Å². The summed E-state index contributed by atoms with van der Waals surface area (Å²) >= 11 is 0. The van der Waals surface area contributed by atoms with E-state index in [9.17, 15) is 4.79 Å². The molecule has 1 aromatic rings. The lowest BCUT2D eigenvalue weighted by Crippen LogP contribution is -2.23. The minimum atomic E-state index is -0.895. The second-order valence-corrected chi connectivity index (χ2v) is 4.37. The monoisotopic (exact) mass is 247 g/mol. The standard InChI is InChI=1S/C14H17NO3/c1-10-12(14(16)17)6-4-7-13(10)15-9-11-5-2-3-8-18-11/h3-4,6-8,11,15H,2,5,9H2,1H3,(H,16,17). The average molecular weight is 247 g/mol. The summed E-state index contributed by atoms with van der Waals surface area (Å²) in [6.45, 7) is 2.50. The molecule has 4 heteroatoms. The average Bonchev–Trinajstić information content (AvgIpc) is 2.38. The first-order chi connectivity index (χ1) is 8.68. The minimum absolute atomic E-state index is 0.155. The molecule has 2 rings (SSSR count). The van der Waals surface area contributed by atoms with E-state index < -0.39 is 5.97 Å². The number of carboxylic acid groups (broad SMARTS) is 1. The molecule has 1 aliphatic heterocycles. The first-order valence-corrected chi connectivity index (χ1v) is 6.05. The molecule has 4 nitrogen and oxygen atoms in total. The fourth-order valence-electron chi connectivity index (χ4n) is 2.02. The number of carbonyl (C=O) groups is 1. The summed E-state index contributed by atoms with van der Waals surface area (Å²) in [5.74, 6) is -0.895. The van der Waals surface area contributed by atoms with Gasteiger partial charge >= 0.3 is 5.97 Å². The largest absolute Gasteiger partial charge is 0.497 e. The first kappa shape index (κ1) is 12.5. The van der Waals surface area contributed by atoms with Crippen molar-refractivity contribution < 1.29 is 14.6 Å². The van der Waals surface area contributed by atoms with Crippen molar-refractivity contribution in [1.29, 1.82) is 0 Å². The maximum Gasteiger partial charge on any atom is 0.336 e. The zero-order chi connectivity index (χ0) is 13.0. The first-order valence-electron chi connectivity index (χ1n) is 6.05. The normalized spacial score (nSPS) is 18.2. The molecule has 0 bridgehead atoms. The van der Waals surface area contributed by atoms with E-state index in [1.54, 1.807) is 18.4 Å². The van der Waals surface area contributed by atoms with Crippen LogP contribution in [-0.2, 0) is 4.74 Å². The molecule has 0 aliphatic carbocycles. The predicted molar refractivity (Wildman–Crippen MR) is 69.9 cm³/mol. The van der Waals surface area contributed by atoms with Crippen LogP contribution in [0.15, 0.2) is 30.5 Å². The molecule has 0 aromatic heterocycles. The number of rotatable bonds is 4. The van der Waals surface area contributed by atoms with Crippen molar-refractivity contribution in [3.8, 4) is 0 Å². The summed E-state index contributed by atoms with van der Waals surface area (Å²) in [6.07, 6.45) is 5.91. The van der Waals surface area contributed by atoms with Gasteiger partial charge < -0.3 is 15.2 Å². The Bertz CT molecular complexity index is 468. The summed E-state index contributed by atoms with van der Waals surface area (Å²) in [5, 5.41) is 12.3. The molecule has 0 spiro atoms. The number of carboxylic acids is 1. The van der Waals surface area contributed by atoms with Gasteiger partial charge in [-0.3, -0.25) is 0 Å². The van der Waals surface area contributed by atoms with Gasteiger partial charge in [0, 0.05) is 5.69 Å². The Morgan fingerprint density at radius 1 is 1.56 bits per heavy atom. The molecule has 0 fully saturated rings. The van der Waals surface area contributed by atoms with E-state index in [0.717, 1.165) is 24.1 Å². The molecule has 2 N–H and O–H groups in total. The van der Waals surface area contributed by atoms with Crippen LogP contribution in [0.5, 0.6) is 0 Å².